The van der Waals surface area contributed by atoms with Crippen LogP contribution in [-0.2, 0) is 6.54 Å². The summed E-state index contributed by atoms with van der Waals surface area (Å²) in [6.07, 6.45) is 0. The first-order valence-corrected chi connectivity index (χ1v) is 9.89. The Balaban J connectivity index is 1.67. The van der Waals surface area contributed by atoms with Crippen LogP contribution in [0.3, 0.4) is 0 Å². The molecule has 2 aromatic heterocycles. The highest BCUT2D eigenvalue weighted by Crippen LogP contribution is 2.33. The number of para-hydroxylation sites is 1. The van der Waals surface area contributed by atoms with Gasteiger partial charge in [0.2, 0.25) is 0 Å². The van der Waals surface area contributed by atoms with Gasteiger partial charge in [0.1, 0.15) is 10.8 Å². The molecule has 4 rings (SSSR count). The first kappa shape index (κ1) is 19.7. The molecule has 0 saturated heterocycles. The molecule has 0 atom stereocenters. The molecule has 0 N–H and O–H groups in total. The fourth-order valence-electron chi connectivity index (χ4n) is 3.08. The van der Waals surface area contributed by atoms with Gasteiger partial charge in [-0.3, -0.25) is 9.09 Å². The average molecular weight is 425 g/mol. The SMILES string of the molecule is COc1ccc(-c2noc(=O)n2Cc2csc(-c3ccccc3OC)n2)cc1OC. The average Bonchev–Trinajstić information content (AvgIpc) is 3.40. The molecule has 0 aliphatic rings. The van der Waals surface area contributed by atoms with Crippen molar-refractivity contribution in [1.82, 2.24) is 14.7 Å². The van der Waals surface area contributed by atoms with Crippen LogP contribution in [-0.4, -0.2) is 36.0 Å². The number of ether oxygens (including phenoxy) is 3. The fraction of sp³-hybridized carbons (Fsp3) is 0.190. The maximum atomic E-state index is 12.3. The van der Waals surface area contributed by atoms with Crippen molar-refractivity contribution < 1.29 is 18.7 Å². The van der Waals surface area contributed by atoms with Crippen molar-refractivity contribution in [2.45, 2.75) is 6.54 Å². The molecule has 0 spiro atoms. The summed E-state index contributed by atoms with van der Waals surface area (Å²) in [7, 11) is 4.73. The number of aromatic nitrogens is 3. The van der Waals surface area contributed by atoms with E-state index in [-0.39, 0.29) is 6.54 Å². The van der Waals surface area contributed by atoms with Crippen LogP contribution in [0.15, 0.2) is 57.2 Å². The van der Waals surface area contributed by atoms with Crippen molar-refractivity contribution in [3.63, 3.8) is 0 Å². The molecule has 0 radical (unpaired) electrons. The maximum Gasteiger partial charge on any atom is 0.442 e. The van der Waals surface area contributed by atoms with Gasteiger partial charge < -0.3 is 14.2 Å². The second kappa shape index (κ2) is 8.42. The second-order valence-electron chi connectivity index (χ2n) is 6.27. The highest BCUT2D eigenvalue weighted by Gasteiger charge is 2.17. The third-order valence-corrected chi connectivity index (χ3v) is 5.46. The highest BCUT2D eigenvalue weighted by atomic mass is 32.1. The summed E-state index contributed by atoms with van der Waals surface area (Å²) in [5.74, 6) is 1.68. The Bertz CT molecular complexity index is 1230. The van der Waals surface area contributed by atoms with Crippen LogP contribution < -0.4 is 20.0 Å². The molecule has 0 saturated carbocycles. The molecular weight excluding hydrogens is 406 g/mol. The third-order valence-electron chi connectivity index (χ3n) is 4.54. The zero-order valence-electron chi connectivity index (χ0n) is 16.6. The predicted molar refractivity (Wildman–Crippen MR) is 113 cm³/mol. The Morgan fingerprint density at radius 2 is 1.77 bits per heavy atom. The lowest BCUT2D eigenvalue weighted by molar-refractivity contribution is 0.355. The van der Waals surface area contributed by atoms with E-state index in [0.717, 1.165) is 16.3 Å². The lowest BCUT2D eigenvalue weighted by Crippen LogP contribution is -2.16. The smallest absolute Gasteiger partial charge is 0.442 e. The van der Waals surface area contributed by atoms with E-state index >= 15 is 0 Å². The number of hydrogen-bond acceptors (Lipinski definition) is 8. The van der Waals surface area contributed by atoms with Crippen LogP contribution in [0.4, 0.5) is 0 Å². The van der Waals surface area contributed by atoms with Gasteiger partial charge in [0.05, 0.1) is 39.1 Å². The van der Waals surface area contributed by atoms with Crippen molar-refractivity contribution in [2.24, 2.45) is 0 Å². The van der Waals surface area contributed by atoms with Crippen molar-refractivity contribution in [1.29, 1.82) is 0 Å². The van der Waals surface area contributed by atoms with E-state index in [9.17, 15) is 4.79 Å². The van der Waals surface area contributed by atoms with Crippen molar-refractivity contribution >= 4 is 11.3 Å². The van der Waals surface area contributed by atoms with Crippen LogP contribution in [0, 0.1) is 0 Å². The molecule has 2 aromatic carbocycles. The van der Waals surface area contributed by atoms with E-state index < -0.39 is 5.76 Å². The van der Waals surface area contributed by atoms with E-state index in [1.807, 2.05) is 29.6 Å². The standard InChI is InChI=1S/C21H19N3O5S/c1-26-16-7-5-4-6-15(16)20-22-14(12-30-20)11-24-19(23-29-21(24)25)13-8-9-17(27-2)18(10-13)28-3/h4-10,12H,11H2,1-3H3. The summed E-state index contributed by atoms with van der Waals surface area (Å²) in [5.41, 5.74) is 2.28. The van der Waals surface area contributed by atoms with Gasteiger partial charge >= 0.3 is 5.76 Å². The molecule has 9 heteroatoms. The van der Waals surface area contributed by atoms with Gasteiger partial charge in [0.15, 0.2) is 17.3 Å². The van der Waals surface area contributed by atoms with E-state index in [0.29, 0.717) is 28.6 Å². The number of benzene rings is 2. The molecule has 0 unspecified atom stereocenters. The quantitative estimate of drug-likeness (QED) is 0.446. The van der Waals surface area contributed by atoms with Gasteiger partial charge in [-0.1, -0.05) is 17.3 Å². The summed E-state index contributed by atoms with van der Waals surface area (Å²) < 4.78 is 22.4. The maximum absolute atomic E-state index is 12.3. The lowest BCUT2D eigenvalue weighted by Gasteiger charge is -2.09. The van der Waals surface area contributed by atoms with Gasteiger partial charge in [-0.05, 0) is 30.3 Å². The minimum absolute atomic E-state index is 0.220. The van der Waals surface area contributed by atoms with Gasteiger partial charge in [0.25, 0.3) is 0 Å². The van der Waals surface area contributed by atoms with Crippen molar-refractivity contribution in [3.8, 4) is 39.2 Å². The number of hydrogen-bond donors (Lipinski definition) is 0. The van der Waals surface area contributed by atoms with Gasteiger partial charge in [-0.15, -0.1) is 11.3 Å². The first-order valence-electron chi connectivity index (χ1n) is 9.01. The Hall–Kier alpha value is -3.59. The summed E-state index contributed by atoms with van der Waals surface area (Å²) >= 11 is 1.48. The summed E-state index contributed by atoms with van der Waals surface area (Å²) in [5, 5.41) is 6.65. The van der Waals surface area contributed by atoms with Crippen LogP contribution in [0.2, 0.25) is 0 Å². The predicted octanol–water partition coefficient (Wildman–Crippen LogP) is 3.70. The molecule has 0 fully saturated rings. The van der Waals surface area contributed by atoms with Crippen LogP contribution in [0.25, 0.3) is 22.0 Å². The number of rotatable bonds is 7. The minimum Gasteiger partial charge on any atom is -0.496 e. The van der Waals surface area contributed by atoms with Gasteiger partial charge in [0, 0.05) is 10.9 Å². The van der Waals surface area contributed by atoms with E-state index in [1.165, 1.54) is 15.9 Å². The van der Waals surface area contributed by atoms with Crippen molar-refractivity contribution in [2.75, 3.05) is 21.3 Å². The van der Waals surface area contributed by atoms with E-state index in [2.05, 4.69) is 10.1 Å². The third kappa shape index (κ3) is 3.67. The molecule has 8 nitrogen and oxygen atoms in total. The molecule has 0 aliphatic carbocycles. The largest absolute Gasteiger partial charge is 0.496 e. The number of thiazole rings is 1. The minimum atomic E-state index is -0.563. The highest BCUT2D eigenvalue weighted by molar-refractivity contribution is 7.13. The Labute approximate surface area is 176 Å². The molecule has 0 amide bonds. The Morgan fingerprint density at radius 1 is 1.00 bits per heavy atom. The molecule has 4 aromatic rings. The summed E-state index contributed by atoms with van der Waals surface area (Å²) in [6.45, 7) is 0.220. The Morgan fingerprint density at radius 3 is 2.53 bits per heavy atom. The summed E-state index contributed by atoms with van der Waals surface area (Å²) in [4.78, 5) is 17.0. The molecule has 0 aliphatic heterocycles. The topological polar surface area (TPSA) is 88.6 Å². The molecule has 2 heterocycles. The monoisotopic (exact) mass is 425 g/mol. The number of methoxy groups -OCH3 is 3. The summed E-state index contributed by atoms with van der Waals surface area (Å²) in [6, 6.07) is 12.9. The van der Waals surface area contributed by atoms with E-state index in [4.69, 9.17) is 18.7 Å². The fourth-order valence-corrected chi connectivity index (χ4v) is 3.92. The molecular formula is C21H19N3O5S. The van der Waals surface area contributed by atoms with Crippen LogP contribution in [0.1, 0.15) is 5.69 Å². The van der Waals surface area contributed by atoms with Crippen molar-refractivity contribution in [3.05, 3.63) is 64.1 Å². The van der Waals surface area contributed by atoms with Crippen LogP contribution >= 0.6 is 11.3 Å². The van der Waals surface area contributed by atoms with Gasteiger partial charge in [-0.2, -0.15) is 0 Å². The van der Waals surface area contributed by atoms with Crippen LogP contribution in [0.5, 0.6) is 17.2 Å². The molecule has 0 bridgehead atoms. The normalized spacial score (nSPS) is 10.8. The first-order chi connectivity index (χ1) is 14.6. The zero-order valence-corrected chi connectivity index (χ0v) is 17.4. The Kier molecular flexibility index (Phi) is 5.53. The molecule has 30 heavy (non-hydrogen) atoms. The lowest BCUT2D eigenvalue weighted by atomic mass is 10.2. The second-order valence-corrected chi connectivity index (χ2v) is 7.13. The molecule has 154 valence electrons. The zero-order chi connectivity index (χ0) is 21.1. The van der Waals surface area contributed by atoms with E-state index in [1.54, 1.807) is 39.5 Å². The number of nitrogens with zero attached hydrogens (tertiary/aromatic N) is 3. The van der Waals surface area contributed by atoms with Gasteiger partial charge in [-0.25, -0.2) is 9.78 Å².